The Bertz CT molecular complexity index is 1650. The maximum atomic E-state index is 12.6. The van der Waals surface area contributed by atoms with Crippen molar-refractivity contribution in [2.24, 2.45) is 0 Å². The van der Waals surface area contributed by atoms with Gasteiger partial charge in [-0.15, -0.1) is 0 Å². The van der Waals surface area contributed by atoms with Crippen LogP contribution < -0.4 is 4.74 Å². The van der Waals surface area contributed by atoms with Crippen LogP contribution in [-0.4, -0.2) is 43.0 Å². The highest BCUT2D eigenvalue weighted by Crippen LogP contribution is 2.39. The lowest BCUT2D eigenvalue weighted by Crippen LogP contribution is -2.05. The van der Waals surface area contributed by atoms with Crippen LogP contribution in [0, 0.1) is 0 Å². The van der Waals surface area contributed by atoms with Crippen molar-refractivity contribution in [1.29, 1.82) is 0 Å². The van der Waals surface area contributed by atoms with Crippen molar-refractivity contribution in [3.8, 4) is 22.6 Å². The van der Waals surface area contributed by atoms with Crippen LogP contribution in [0.3, 0.4) is 0 Å². The first kappa shape index (κ1) is 35.5. The molecule has 4 rings (SSSR count). The molecule has 0 aromatic heterocycles. The second kappa shape index (κ2) is 17.5. The number of unbranched alkanes of at least 4 members (excludes halogenated alkanes) is 4. The highest BCUT2D eigenvalue weighted by Gasteiger charge is 2.22. The van der Waals surface area contributed by atoms with E-state index in [9.17, 15) is 23.2 Å². The molecular weight excluding hydrogens is 621 g/mol. The van der Waals surface area contributed by atoms with E-state index < -0.39 is 16.2 Å². The summed E-state index contributed by atoms with van der Waals surface area (Å²) in [6.07, 6.45) is 6.02. The van der Waals surface area contributed by atoms with Crippen LogP contribution in [0.1, 0.15) is 75.2 Å². The second-order valence-corrected chi connectivity index (χ2v) is 13.7. The lowest BCUT2D eigenvalue weighted by molar-refractivity contribution is 0.133. The number of hydrogen-bond acceptors (Lipinski definition) is 7. The minimum Gasteiger partial charge on any atom is -0.508 e. The van der Waals surface area contributed by atoms with Gasteiger partial charge in [0.2, 0.25) is 0 Å². The number of hydrogen-bond donors (Lipinski definition) is 3. The summed E-state index contributed by atoms with van der Waals surface area (Å²) >= 11 is 1.22. The van der Waals surface area contributed by atoms with Crippen molar-refractivity contribution in [1.82, 2.24) is 0 Å². The van der Waals surface area contributed by atoms with Gasteiger partial charge in [-0.05, 0) is 90.0 Å². The molecule has 0 saturated heterocycles. The van der Waals surface area contributed by atoms with E-state index in [2.05, 4.69) is 13.8 Å². The second-order valence-electron chi connectivity index (χ2n) is 11.2. The summed E-state index contributed by atoms with van der Waals surface area (Å²) in [6.45, 7) is 6.16. The number of phenols is 1. The van der Waals surface area contributed by atoms with E-state index >= 15 is 0 Å². The van der Waals surface area contributed by atoms with E-state index in [1.165, 1.54) is 30.7 Å². The smallest absolute Gasteiger partial charge is 0.295 e. The fourth-order valence-corrected chi connectivity index (χ4v) is 6.95. The first-order valence-electron chi connectivity index (χ1n) is 15.9. The zero-order chi connectivity index (χ0) is 32.9. The molecule has 0 aliphatic carbocycles. The topological polar surface area (TPSA) is 113 Å². The standard InChI is InChI=1S/C37H44O7S2/c1-3-5-7-10-22-43-24-21-27-13-19-34(38)33(25-27)37(39)32-12-9-8-11-31(32)28-14-20-35(36(26-28)46(40,41)42)45-30-17-15-29(16-18-30)44-23-6-4-2/h8-9,11-20,25-26,37-39H,3-7,10,21-24H2,1-2H3,(H,40,41,42). The molecule has 0 fully saturated rings. The van der Waals surface area contributed by atoms with Gasteiger partial charge in [0.1, 0.15) is 22.5 Å². The van der Waals surface area contributed by atoms with Crippen molar-refractivity contribution >= 4 is 21.9 Å². The third kappa shape index (κ3) is 10.1. The lowest BCUT2D eigenvalue weighted by Gasteiger charge is -2.19. The molecule has 0 aliphatic heterocycles. The van der Waals surface area contributed by atoms with Gasteiger partial charge in [0.25, 0.3) is 10.1 Å². The summed E-state index contributed by atoms with van der Waals surface area (Å²) in [4.78, 5) is 0.914. The van der Waals surface area contributed by atoms with E-state index in [-0.39, 0.29) is 10.6 Å². The van der Waals surface area contributed by atoms with Crippen LogP contribution in [0.4, 0.5) is 0 Å². The predicted molar refractivity (Wildman–Crippen MR) is 183 cm³/mol. The van der Waals surface area contributed by atoms with Gasteiger partial charge in [-0.2, -0.15) is 8.42 Å². The molecule has 9 heteroatoms. The summed E-state index contributed by atoms with van der Waals surface area (Å²) in [7, 11) is -4.58. The Labute approximate surface area is 277 Å². The summed E-state index contributed by atoms with van der Waals surface area (Å²) in [5.41, 5.74) is 2.83. The van der Waals surface area contributed by atoms with Crippen molar-refractivity contribution in [2.45, 2.75) is 79.6 Å². The number of ether oxygens (including phenoxy) is 2. The average molecular weight is 665 g/mol. The monoisotopic (exact) mass is 664 g/mol. The molecule has 1 unspecified atom stereocenters. The minimum absolute atomic E-state index is 0.0429. The zero-order valence-electron chi connectivity index (χ0n) is 26.5. The van der Waals surface area contributed by atoms with Crippen LogP contribution >= 0.6 is 11.8 Å². The maximum absolute atomic E-state index is 12.6. The van der Waals surface area contributed by atoms with Gasteiger partial charge in [0, 0.05) is 22.0 Å². The molecule has 0 amide bonds. The van der Waals surface area contributed by atoms with E-state index in [1.807, 2.05) is 30.3 Å². The number of rotatable bonds is 18. The first-order valence-corrected chi connectivity index (χ1v) is 18.2. The van der Waals surface area contributed by atoms with Crippen LogP contribution in [-0.2, 0) is 21.3 Å². The number of phenolic OH excluding ortho intramolecular Hbond substituents is 1. The van der Waals surface area contributed by atoms with Gasteiger partial charge in [-0.3, -0.25) is 4.55 Å². The third-order valence-electron chi connectivity index (χ3n) is 7.67. The maximum Gasteiger partial charge on any atom is 0.295 e. The van der Waals surface area contributed by atoms with Crippen molar-refractivity contribution in [3.05, 3.63) is 102 Å². The normalized spacial score (nSPS) is 12.3. The van der Waals surface area contributed by atoms with Crippen LogP contribution in [0.15, 0.2) is 99.6 Å². The van der Waals surface area contributed by atoms with Gasteiger partial charge < -0.3 is 19.7 Å². The molecular formula is C37H44O7S2. The predicted octanol–water partition coefficient (Wildman–Crippen LogP) is 8.86. The van der Waals surface area contributed by atoms with Gasteiger partial charge in [0.05, 0.1) is 13.2 Å². The van der Waals surface area contributed by atoms with E-state index in [4.69, 9.17) is 9.47 Å². The van der Waals surface area contributed by atoms with E-state index in [0.717, 1.165) is 41.9 Å². The number of aromatic hydroxyl groups is 1. The average Bonchev–Trinajstić information content (AvgIpc) is 3.05. The van der Waals surface area contributed by atoms with Crippen molar-refractivity contribution in [3.63, 3.8) is 0 Å². The third-order valence-corrected chi connectivity index (χ3v) is 9.78. The number of benzene rings is 4. The highest BCUT2D eigenvalue weighted by molar-refractivity contribution is 8.00. The summed E-state index contributed by atoms with van der Waals surface area (Å²) in [5.74, 6) is 0.694. The quantitative estimate of drug-likeness (QED) is 0.0714. The molecule has 0 bridgehead atoms. The van der Waals surface area contributed by atoms with Gasteiger partial charge in [-0.25, -0.2) is 0 Å². The molecule has 3 N–H and O–H groups in total. The Morgan fingerprint density at radius 3 is 2.28 bits per heavy atom. The summed E-state index contributed by atoms with van der Waals surface area (Å²) in [5, 5.41) is 22.2. The van der Waals surface area contributed by atoms with Gasteiger partial charge >= 0.3 is 0 Å². The molecule has 7 nitrogen and oxygen atoms in total. The number of aliphatic hydroxyl groups is 1. The molecule has 0 spiro atoms. The Hall–Kier alpha value is -3.34. The van der Waals surface area contributed by atoms with Crippen LogP contribution in [0.25, 0.3) is 11.1 Å². The fraction of sp³-hybridized carbons (Fsp3) is 0.351. The largest absolute Gasteiger partial charge is 0.508 e. The van der Waals surface area contributed by atoms with Gasteiger partial charge in [0.15, 0.2) is 0 Å². The Morgan fingerprint density at radius 1 is 0.783 bits per heavy atom. The Kier molecular flexibility index (Phi) is 13.5. The van der Waals surface area contributed by atoms with E-state index in [0.29, 0.717) is 53.4 Å². The molecule has 4 aromatic carbocycles. The Balaban J connectivity index is 1.55. The van der Waals surface area contributed by atoms with Crippen LogP contribution in [0.2, 0.25) is 0 Å². The minimum atomic E-state index is -4.58. The SMILES string of the molecule is CCCCCCOCCc1ccc(O)c(C(O)c2ccccc2-c2ccc(Sc3ccc(OCCCC)cc3)c(S(=O)(=O)O)c2)c1. The molecule has 246 valence electrons. The van der Waals surface area contributed by atoms with Crippen molar-refractivity contribution < 1.29 is 32.7 Å². The van der Waals surface area contributed by atoms with E-state index in [1.54, 1.807) is 48.5 Å². The van der Waals surface area contributed by atoms with Crippen LogP contribution in [0.5, 0.6) is 11.5 Å². The molecule has 0 aliphatic rings. The fourth-order valence-electron chi connectivity index (χ4n) is 5.09. The molecule has 0 radical (unpaired) electrons. The lowest BCUT2D eigenvalue weighted by atomic mass is 9.91. The van der Waals surface area contributed by atoms with Gasteiger partial charge in [-0.1, -0.05) is 87.7 Å². The molecule has 4 aromatic rings. The molecule has 0 saturated carbocycles. The first-order chi connectivity index (χ1) is 22.2. The van der Waals surface area contributed by atoms with Crippen molar-refractivity contribution in [2.75, 3.05) is 19.8 Å². The molecule has 0 heterocycles. The highest BCUT2D eigenvalue weighted by atomic mass is 32.2. The zero-order valence-corrected chi connectivity index (χ0v) is 28.2. The molecule has 1 atom stereocenters. The molecule has 46 heavy (non-hydrogen) atoms. The Morgan fingerprint density at radius 2 is 1.54 bits per heavy atom. The summed E-state index contributed by atoms with van der Waals surface area (Å²) < 4.78 is 46.8. The summed E-state index contributed by atoms with van der Waals surface area (Å²) in [6, 6.07) is 24.5. The number of aliphatic hydroxyl groups excluding tert-OH is 1.